The average molecular weight is 188 g/mol. The maximum atomic E-state index is 12.2. The Bertz CT molecular complexity index is 193. The highest BCUT2D eigenvalue weighted by Crippen LogP contribution is 2.30. The highest BCUT2D eigenvalue weighted by Gasteiger charge is 2.53. The largest absolute Gasteiger partial charge is 0.456 e. The van der Waals surface area contributed by atoms with Crippen molar-refractivity contribution in [1.82, 2.24) is 0 Å². The second-order valence-corrected chi connectivity index (χ2v) is 2.02. The predicted octanol–water partition coefficient (Wildman–Crippen LogP) is 2.33. The molecule has 0 heterocycles. The third-order valence-electron chi connectivity index (χ3n) is 0.990. The number of halogens is 5. The number of ketones is 1. The number of hydrogen-bond donors (Lipinski definition) is 0. The lowest BCUT2D eigenvalue weighted by Gasteiger charge is -2.14. The van der Waals surface area contributed by atoms with Crippen LogP contribution in [-0.2, 0) is 4.79 Å². The second kappa shape index (κ2) is 3.20. The molecule has 0 atom stereocenters. The minimum Gasteiger partial charge on any atom is -0.283 e. The molecule has 0 unspecified atom stereocenters. The summed E-state index contributed by atoms with van der Waals surface area (Å²) in [7, 11) is 0. The minimum atomic E-state index is -5.49. The van der Waals surface area contributed by atoms with Crippen LogP contribution in [0.4, 0.5) is 22.0 Å². The van der Waals surface area contributed by atoms with Gasteiger partial charge in [-0.3, -0.25) is 4.79 Å². The lowest BCUT2D eigenvalue weighted by Crippen LogP contribution is -2.39. The summed E-state index contributed by atoms with van der Waals surface area (Å²) in [5.74, 6) is -7.42. The van der Waals surface area contributed by atoms with Gasteiger partial charge in [0.2, 0.25) is 0 Å². The predicted molar refractivity (Wildman–Crippen MR) is 30.8 cm³/mol. The third kappa shape index (κ3) is 2.60. The molecule has 0 N–H and O–H groups in total. The standard InChI is InChI=1S/C6H5F5O/c1-2-3-5(7,8)4(12)6(9,10)11/h2H,1,3H2. The van der Waals surface area contributed by atoms with Crippen LogP contribution in [0, 0.1) is 0 Å². The molecule has 0 fully saturated rings. The molecule has 0 aromatic carbocycles. The van der Waals surface area contributed by atoms with E-state index in [1.165, 1.54) is 0 Å². The molecule has 0 amide bonds. The van der Waals surface area contributed by atoms with E-state index in [4.69, 9.17) is 0 Å². The van der Waals surface area contributed by atoms with Gasteiger partial charge in [0.15, 0.2) is 0 Å². The molecule has 0 spiro atoms. The zero-order valence-corrected chi connectivity index (χ0v) is 5.79. The highest BCUT2D eigenvalue weighted by molar-refractivity contribution is 5.90. The number of alkyl halides is 5. The van der Waals surface area contributed by atoms with E-state index < -0.39 is 24.3 Å². The fourth-order valence-electron chi connectivity index (χ4n) is 0.481. The van der Waals surface area contributed by atoms with Gasteiger partial charge < -0.3 is 0 Å². The summed E-state index contributed by atoms with van der Waals surface area (Å²) in [4.78, 5) is 9.95. The summed E-state index contributed by atoms with van der Waals surface area (Å²) in [6.45, 7) is 2.81. The van der Waals surface area contributed by atoms with E-state index >= 15 is 0 Å². The van der Waals surface area contributed by atoms with Gasteiger partial charge in [-0.2, -0.15) is 22.0 Å². The van der Waals surface area contributed by atoms with Crippen molar-refractivity contribution in [2.24, 2.45) is 0 Å². The Morgan fingerprint density at radius 2 is 1.67 bits per heavy atom. The van der Waals surface area contributed by atoms with Crippen molar-refractivity contribution in [3.8, 4) is 0 Å². The van der Waals surface area contributed by atoms with Crippen molar-refractivity contribution < 1.29 is 26.7 Å². The summed E-state index contributed by atoms with van der Waals surface area (Å²) in [5.41, 5.74) is 0. The Balaban J connectivity index is 4.57. The molecule has 0 rings (SSSR count). The summed E-state index contributed by atoms with van der Waals surface area (Å²) >= 11 is 0. The fraction of sp³-hybridized carbons (Fsp3) is 0.500. The van der Waals surface area contributed by atoms with Crippen molar-refractivity contribution in [2.75, 3.05) is 0 Å². The summed E-state index contributed by atoms with van der Waals surface area (Å²) < 4.78 is 58.6. The Kier molecular flexibility index (Phi) is 2.95. The molecule has 0 aliphatic heterocycles. The lowest BCUT2D eigenvalue weighted by molar-refractivity contribution is -0.194. The van der Waals surface area contributed by atoms with E-state index in [9.17, 15) is 26.7 Å². The molecule has 0 aliphatic carbocycles. The van der Waals surface area contributed by atoms with Gasteiger partial charge in [0.05, 0.1) is 0 Å². The van der Waals surface area contributed by atoms with Gasteiger partial charge in [0, 0.05) is 6.42 Å². The van der Waals surface area contributed by atoms with Crippen molar-refractivity contribution in [3.63, 3.8) is 0 Å². The summed E-state index contributed by atoms with van der Waals surface area (Å²) in [5, 5.41) is 0. The number of allylic oxidation sites excluding steroid dienone is 1. The molecule has 0 aliphatic rings. The van der Waals surface area contributed by atoms with Gasteiger partial charge >= 0.3 is 17.9 Å². The summed E-state index contributed by atoms with van der Waals surface area (Å²) in [6.07, 6.45) is -6.23. The molecule has 0 saturated carbocycles. The van der Waals surface area contributed by atoms with Crippen LogP contribution in [0.3, 0.4) is 0 Å². The molecule has 12 heavy (non-hydrogen) atoms. The topological polar surface area (TPSA) is 17.1 Å². The Morgan fingerprint density at radius 1 is 1.25 bits per heavy atom. The molecule has 1 nitrogen and oxygen atoms in total. The first-order valence-corrected chi connectivity index (χ1v) is 2.82. The molecule has 0 aromatic heterocycles. The molecular formula is C6H5F5O. The van der Waals surface area contributed by atoms with Crippen LogP contribution >= 0.6 is 0 Å². The van der Waals surface area contributed by atoms with Gasteiger partial charge in [0.1, 0.15) is 0 Å². The van der Waals surface area contributed by atoms with Crippen LogP contribution in [0.1, 0.15) is 6.42 Å². The maximum Gasteiger partial charge on any atom is 0.456 e. The van der Waals surface area contributed by atoms with E-state index in [2.05, 4.69) is 6.58 Å². The third-order valence-corrected chi connectivity index (χ3v) is 0.990. The van der Waals surface area contributed by atoms with Crippen molar-refractivity contribution in [2.45, 2.75) is 18.5 Å². The van der Waals surface area contributed by atoms with Crippen LogP contribution in [0.15, 0.2) is 12.7 Å². The van der Waals surface area contributed by atoms with Crippen molar-refractivity contribution >= 4 is 5.78 Å². The van der Waals surface area contributed by atoms with Gasteiger partial charge in [-0.15, -0.1) is 6.58 Å². The van der Waals surface area contributed by atoms with Crippen LogP contribution < -0.4 is 0 Å². The molecule has 0 radical (unpaired) electrons. The van der Waals surface area contributed by atoms with Crippen molar-refractivity contribution in [3.05, 3.63) is 12.7 Å². The zero-order chi connectivity index (χ0) is 9.99. The first kappa shape index (κ1) is 11.1. The normalized spacial score (nSPS) is 12.8. The Morgan fingerprint density at radius 3 is 1.92 bits per heavy atom. The van der Waals surface area contributed by atoms with Crippen LogP contribution in [0.25, 0.3) is 0 Å². The molecule has 6 heteroatoms. The molecule has 0 aromatic rings. The number of carbonyl (C=O) groups excluding carboxylic acids is 1. The first-order valence-electron chi connectivity index (χ1n) is 2.82. The lowest BCUT2D eigenvalue weighted by atomic mass is 10.1. The summed E-state index contributed by atoms with van der Waals surface area (Å²) in [6, 6.07) is 0. The Hall–Kier alpha value is -0.940. The van der Waals surface area contributed by atoms with Crippen molar-refractivity contribution in [1.29, 1.82) is 0 Å². The molecular weight excluding hydrogens is 183 g/mol. The van der Waals surface area contributed by atoms with Gasteiger partial charge in [-0.25, -0.2) is 0 Å². The van der Waals surface area contributed by atoms with E-state index in [0.29, 0.717) is 6.08 Å². The second-order valence-electron chi connectivity index (χ2n) is 2.02. The monoisotopic (exact) mass is 188 g/mol. The van der Waals surface area contributed by atoms with Gasteiger partial charge in [-0.1, -0.05) is 6.08 Å². The fourth-order valence-corrected chi connectivity index (χ4v) is 0.481. The average Bonchev–Trinajstić information content (AvgIpc) is 1.84. The Labute approximate surface area is 64.9 Å². The van der Waals surface area contributed by atoms with E-state index in [-0.39, 0.29) is 0 Å². The number of rotatable bonds is 3. The molecule has 0 bridgehead atoms. The maximum absolute atomic E-state index is 12.2. The first-order chi connectivity index (χ1) is 5.22. The van der Waals surface area contributed by atoms with Crippen LogP contribution in [0.2, 0.25) is 0 Å². The van der Waals surface area contributed by atoms with E-state index in [1.54, 1.807) is 0 Å². The quantitative estimate of drug-likeness (QED) is 0.490. The number of carbonyl (C=O) groups is 1. The smallest absolute Gasteiger partial charge is 0.283 e. The van der Waals surface area contributed by atoms with Crippen LogP contribution in [0.5, 0.6) is 0 Å². The number of hydrogen-bond acceptors (Lipinski definition) is 1. The van der Waals surface area contributed by atoms with Crippen LogP contribution in [-0.4, -0.2) is 17.9 Å². The molecule has 0 saturated heterocycles. The van der Waals surface area contributed by atoms with Gasteiger partial charge in [-0.05, 0) is 0 Å². The van der Waals surface area contributed by atoms with E-state index in [0.717, 1.165) is 0 Å². The molecule has 70 valence electrons. The SMILES string of the molecule is C=CCC(F)(F)C(=O)C(F)(F)F. The number of Topliss-reactive ketones (excluding diaryl/α,β-unsaturated/α-hetero) is 1. The highest BCUT2D eigenvalue weighted by atomic mass is 19.4. The zero-order valence-electron chi connectivity index (χ0n) is 5.79. The van der Waals surface area contributed by atoms with Gasteiger partial charge in [0.25, 0.3) is 0 Å². The minimum absolute atomic E-state index is 0.559. The van der Waals surface area contributed by atoms with E-state index in [1.807, 2.05) is 0 Å².